The Kier molecular flexibility index (Phi) is 3.32. The number of hydrogen-bond donors (Lipinski definition) is 0. The van der Waals surface area contributed by atoms with Gasteiger partial charge >= 0.3 is 0 Å². The summed E-state index contributed by atoms with van der Waals surface area (Å²) in [4.78, 5) is 15.4. The SMILES string of the molecule is C/C(=N/c1ccnc2c1ncn2C(C)C)N(C)C. The zero-order chi connectivity index (χ0) is 13.3. The zero-order valence-corrected chi connectivity index (χ0v) is 11.5. The number of fused-ring (bicyclic) bond motifs is 1. The number of nitrogens with zero attached hydrogens (tertiary/aromatic N) is 5. The first-order valence-corrected chi connectivity index (χ1v) is 6.05. The van der Waals surface area contributed by atoms with Crippen LogP contribution in [0.25, 0.3) is 11.2 Å². The largest absolute Gasteiger partial charge is 0.366 e. The van der Waals surface area contributed by atoms with Crippen LogP contribution in [0.4, 0.5) is 5.69 Å². The summed E-state index contributed by atoms with van der Waals surface area (Å²) in [5.41, 5.74) is 2.61. The first kappa shape index (κ1) is 12.5. The summed E-state index contributed by atoms with van der Waals surface area (Å²) in [6.45, 7) is 6.21. The van der Waals surface area contributed by atoms with E-state index in [-0.39, 0.29) is 0 Å². The Labute approximate surface area is 107 Å². The first-order valence-electron chi connectivity index (χ1n) is 6.05. The summed E-state index contributed by atoms with van der Waals surface area (Å²) in [6.07, 6.45) is 3.61. The van der Waals surface area contributed by atoms with Crippen molar-refractivity contribution in [1.29, 1.82) is 0 Å². The molecule has 2 aromatic heterocycles. The third kappa shape index (κ3) is 2.20. The van der Waals surface area contributed by atoms with Crippen LogP contribution >= 0.6 is 0 Å². The molecule has 18 heavy (non-hydrogen) atoms. The molecule has 5 nitrogen and oxygen atoms in total. The fourth-order valence-electron chi connectivity index (χ4n) is 1.66. The Hall–Kier alpha value is -1.91. The fourth-order valence-corrected chi connectivity index (χ4v) is 1.66. The van der Waals surface area contributed by atoms with Crippen LogP contribution < -0.4 is 0 Å². The van der Waals surface area contributed by atoms with Gasteiger partial charge in [0.2, 0.25) is 0 Å². The van der Waals surface area contributed by atoms with E-state index in [1.165, 1.54) is 0 Å². The van der Waals surface area contributed by atoms with Gasteiger partial charge in [-0.2, -0.15) is 0 Å². The molecule has 5 heteroatoms. The van der Waals surface area contributed by atoms with Gasteiger partial charge in [0.1, 0.15) is 11.4 Å². The van der Waals surface area contributed by atoms with E-state index in [9.17, 15) is 0 Å². The lowest BCUT2D eigenvalue weighted by Gasteiger charge is -2.11. The maximum Gasteiger partial charge on any atom is 0.162 e. The molecular formula is C13H19N5. The van der Waals surface area contributed by atoms with E-state index in [0.717, 1.165) is 22.7 Å². The summed E-state index contributed by atoms with van der Waals surface area (Å²) < 4.78 is 2.05. The lowest BCUT2D eigenvalue weighted by atomic mass is 10.3. The van der Waals surface area contributed by atoms with E-state index in [1.54, 1.807) is 6.20 Å². The Morgan fingerprint density at radius 3 is 2.67 bits per heavy atom. The highest BCUT2D eigenvalue weighted by Crippen LogP contribution is 2.24. The van der Waals surface area contributed by atoms with E-state index >= 15 is 0 Å². The number of aromatic nitrogens is 3. The molecule has 96 valence electrons. The van der Waals surface area contributed by atoms with Crippen molar-refractivity contribution < 1.29 is 0 Å². The minimum Gasteiger partial charge on any atom is -0.366 e. The number of amidine groups is 1. The molecule has 0 spiro atoms. The third-order valence-electron chi connectivity index (χ3n) is 2.93. The lowest BCUT2D eigenvalue weighted by molar-refractivity contribution is 0.613. The van der Waals surface area contributed by atoms with Crippen molar-refractivity contribution >= 4 is 22.7 Å². The molecule has 0 aliphatic carbocycles. The molecule has 2 aromatic rings. The van der Waals surface area contributed by atoms with Gasteiger partial charge < -0.3 is 9.47 Å². The lowest BCUT2D eigenvalue weighted by Crippen LogP contribution is -2.17. The van der Waals surface area contributed by atoms with Gasteiger partial charge in [0, 0.05) is 26.3 Å². The molecule has 0 fully saturated rings. The maximum absolute atomic E-state index is 4.59. The van der Waals surface area contributed by atoms with Crippen LogP contribution in [0.5, 0.6) is 0 Å². The molecule has 2 heterocycles. The average molecular weight is 245 g/mol. The molecule has 0 unspecified atom stereocenters. The van der Waals surface area contributed by atoms with Crippen molar-refractivity contribution in [2.75, 3.05) is 14.1 Å². The Morgan fingerprint density at radius 1 is 1.33 bits per heavy atom. The molecule has 0 saturated heterocycles. The van der Waals surface area contributed by atoms with E-state index in [0.29, 0.717) is 6.04 Å². The van der Waals surface area contributed by atoms with Crippen LogP contribution in [0.15, 0.2) is 23.6 Å². The fraction of sp³-hybridized carbons (Fsp3) is 0.462. The van der Waals surface area contributed by atoms with E-state index in [2.05, 4.69) is 33.4 Å². The van der Waals surface area contributed by atoms with Gasteiger partial charge in [-0.25, -0.2) is 15.0 Å². The van der Waals surface area contributed by atoms with Gasteiger partial charge in [-0.15, -0.1) is 0 Å². The second kappa shape index (κ2) is 4.76. The molecule has 0 N–H and O–H groups in total. The molecule has 0 atom stereocenters. The second-order valence-electron chi connectivity index (χ2n) is 4.80. The van der Waals surface area contributed by atoms with Crippen molar-refractivity contribution in [2.24, 2.45) is 4.99 Å². The molecule has 0 aliphatic rings. The Bertz CT molecular complexity index is 580. The van der Waals surface area contributed by atoms with Gasteiger partial charge in [0.15, 0.2) is 5.65 Å². The molecular weight excluding hydrogens is 226 g/mol. The summed E-state index contributed by atoms with van der Waals surface area (Å²) in [5, 5.41) is 0. The van der Waals surface area contributed by atoms with Crippen molar-refractivity contribution in [2.45, 2.75) is 26.8 Å². The minimum absolute atomic E-state index is 0.344. The van der Waals surface area contributed by atoms with Crippen molar-refractivity contribution in [3.05, 3.63) is 18.6 Å². The normalized spacial score (nSPS) is 12.4. The number of pyridine rings is 1. The molecule has 0 aliphatic heterocycles. The number of hydrogen-bond acceptors (Lipinski definition) is 3. The summed E-state index contributed by atoms with van der Waals surface area (Å²) >= 11 is 0. The molecule has 0 amide bonds. The van der Waals surface area contributed by atoms with Crippen LogP contribution in [0.3, 0.4) is 0 Å². The number of imidazole rings is 1. The van der Waals surface area contributed by atoms with Gasteiger partial charge in [0.25, 0.3) is 0 Å². The second-order valence-corrected chi connectivity index (χ2v) is 4.80. The van der Waals surface area contributed by atoms with Gasteiger partial charge in [-0.1, -0.05) is 0 Å². The standard InChI is InChI=1S/C13H19N5/c1-9(2)18-8-15-12-11(6-7-14-13(12)18)16-10(3)17(4)5/h6-9H,1-5H3/b16-10-. The number of aliphatic imine (C=N–C) groups is 1. The monoisotopic (exact) mass is 245 g/mol. The van der Waals surface area contributed by atoms with E-state index < -0.39 is 0 Å². The maximum atomic E-state index is 4.59. The van der Waals surface area contributed by atoms with Crippen molar-refractivity contribution in [1.82, 2.24) is 19.4 Å². The Balaban J connectivity index is 2.57. The zero-order valence-electron chi connectivity index (χ0n) is 11.5. The van der Waals surface area contributed by atoms with E-state index in [4.69, 9.17) is 0 Å². The quantitative estimate of drug-likeness (QED) is 0.603. The summed E-state index contributed by atoms with van der Waals surface area (Å²) in [7, 11) is 3.95. The predicted octanol–water partition coefficient (Wildman–Crippen LogP) is 2.62. The van der Waals surface area contributed by atoms with Crippen LogP contribution in [0.2, 0.25) is 0 Å². The molecule has 0 radical (unpaired) electrons. The van der Waals surface area contributed by atoms with Crippen molar-refractivity contribution in [3.8, 4) is 0 Å². The summed E-state index contributed by atoms with van der Waals surface area (Å²) in [6, 6.07) is 2.24. The molecule has 0 bridgehead atoms. The van der Waals surface area contributed by atoms with E-state index in [1.807, 2.05) is 38.3 Å². The highest BCUT2D eigenvalue weighted by atomic mass is 15.1. The minimum atomic E-state index is 0.344. The summed E-state index contributed by atoms with van der Waals surface area (Å²) in [5.74, 6) is 0.946. The van der Waals surface area contributed by atoms with Gasteiger partial charge in [-0.3, -0.25) is 0 Å². The highest BCUT2D eigenvalue weighted by Gasteiger charge is 2.10. The van der Waals surface area contributed by atoms with Crippen LogP contribution in [0.1, 0.15) is 26.8 Å². The Morgan fingerprint density at radius 2 is 2.06 bits per heavy atom. The molecule has 2 rings (SSSR count). The smallest absolute Gasteiger partial charge is 0.162 e. The molecule has 0 aromatic carbocycles. The topological polar surface area (TPSA) is 46.3 Å². The highest BCUT2D eigenvalue weighted by molar-refractivity contribution is 5.89. The third-order valence-corrected chi connectivity index (χ3v) is 2.93. The number of rotatable bonds is 2. The van der Waals surface area contributed by atoms with Crippen LogP contribution in [-0.2, 0) is 0 Å². The van der Waals surface area contributed by atoms with Gasteiger partial charge in [-0.05, 0) is 26.8 Å². The first-order chi connectivity index (χ1) is 8.50. The van der Waals surface area contributed by atoms with Crippen LogP contribution in [-0.4, -0.2) is 39.4 Å². The predicted molar refractivity (Wildman–Crippen MR) is 74.4 cm³/mol. The van der Waals surface area contributed by atoms with Crippen LogP contribution in [0, 0.1) is 0 Å². The molecule has 0 saturated carbocycles. The average Bonchev–Trinajstić information content (AvgIpc) is 2.73. The van der Waals surface area contributed by atoms with Crippen molar-refractivity contribution in [3.63, 3.8) is 0 Å². The van der Waals surface area contributed by atoms with Gasteiger partial charge in [0.05, 0.1) is 12.0 Å².